The Morgan fingerprint density at radius 2 is 1.76 bits per heavy atom. The number of aliphatic carboxylic acids is 2. The zero-order valence-corrected chi connectivity index (χ0v) is 22.6. The minimum atomic E-state index is -5.08. The van der Waals surface area contributed by atoms with Crippen molar-refractivity contribution < 1.29 is 56.6 Å². The van der Waals surface area contributed by atoms with Crippen molar-refractivity contribution in [3.05, 3.63) is 30.2 Å². The van der Waals surface area contributed by atoms with E-state index in [-0.39, 0.29) is 12.5 Å². The summed E-state index contributed by atoms with van der Waals surface area (Å²) in [6, 6.07) is 0.652. The Kier molecular flexibility index (Phi) is 13.5. The molecule has 5 N–H and O–H groups in total. The third-order valence-corrected chi connectivity index (χ3v) is 5.54. The number of nitrogens with one attached hydrogen (secondary N) is 3. The number of hydrogen-bond donors (Lipinski definition) is 5. The standard InChI is InChI=1S/C23H32N4O7.C2HF3O2/c1-14(2)12-17(26-19(28)9-8-16-6-5-11-34-16)21(30)24-13-20(29)27-10-4-7-18(27)22(31)25-15(3)23(32)33;3-2(4,5)1(6)7/h5-6,8-9,11,14-15,17-18H,4,7,10,12-13H2,1-3H3,(H,24,30)(H,25,31)(H,26,28)(H,32,33);(H,6,7)/b9-8+;/t15-,17-,18-;/m0./s1. The SMILES string of the molecule is CC(C)C[C@H](NC(=O)/C=C/c1ccco1)C(=O)NCC(=O)N1CCC[C@H]1C(=O)N[C@@H](C)C(=O)O.O=C(O)C(F)(F)F. The molecule has 3 atom stereocenters. The number of alkyl halides is 3. The smallest absolute Gasteiger partial charge is 0.480 e. The van der Waals surface area contributed by atoms with Gasteiger partial charge in [0.1, 0.15) is 23.9 Å². The monoisotopic (exact) mass is 590 g/mol. The van der Waals surface area contributed by atoms with E-state index in [9.17, 15) is 37.1 Å². The van der Waals surface area contributed by atoms with Crippen LogP contribution in [-0.2, 0) is 28.8 Å². The molecule has 16 heteroatoms. The van der Waals surface area contributed by atoms with E-state index in [0.29, 0.717) is 31.6 Å². The fraction of sp³-hybridized carbons (Fsp3) is 0.520. The van der Waals surface area contributed by atoms with E-state index in [1.807, 2.05) is 13.8 Å². The molecule has 0 spiro atoms. The van der Waals surface area contributed by atoms with Crippen LogP contribution in [0.15, 0.2) is 28.9 Å². The topological polar surface area (TPSA) is 195 Å². The van der Waals surface area contributed by atoms with Crippen LogP contribution in [0, 0.1) is 5.92 Å². The Labute approximate surface area is 233 Å². The number of halogens is 3. The van der Waals surface area contributed by atoms with Crippen molar-refractivity contribution >= 4 is 41.6 Å². The van der Waals surface area contributed by atoms with Gasteiger partial charge >= 0.3 is 18.1 Å². The minimum absolute atomic E-state index is 0.101. The van der Waals surface area contributed by atoms with Gasteiger partial charge in [0, 0.05) is 12.6 Å². The predicted molar refractivity (Wildman–Crippen MR) is 136 cm³/mol. The Bertz CT molecular complexity index is 1100. The van der Waals surface area contributed by atoms with Crippen molar-refractivity contribution in [2.45, 2.75) is 64.3 Å². The molecule has 41 heavy (non-hydrogen) atoms. The first-order chi connectivity index (χ1) is 19.0. The van der Waals surface area contributed by atoms with Gasteiger partial charge in [0.05, 0.1) is 12.8 Å². The van der Waals surface area contributed by atoms with E-state index >= 15 is 0 Å². The van der Waals surface area contributed by atoms with E-state index in [1.54, 1.807) is 12.1 Å². The summed E-state index contributed by atoms with van der Waals surface area (Å²) in [6.45, 7) is 5.14. The van der Waals surface area contributed by atoms with Crippen LogP contribution in [0.5, 0.6) is 0 Å². The zero-order valence-electron chi connectivity index (χ0n) is 22.6. The van der Waals surface area contributed by atoms with E-state index in [2.05, 4.69) is 16.0 Å². The lowest BCUT2D eigenvalue weighted by Crippen LogP contribution is -2.53. The molecule has 13 nitrogen and oxygen atoms in total. The van der Waals surface area contributed by atoms with Gasteiger partial charge in [0.15, 0.2) is 0 Å². The molecular weight excluding hydrogens is 557 g/mol. The van der Waals surface area contributed by atoms with Crippen molar-refractivity contribution in [2.75, 3.05) is 13.1 Å². The molecule has 0 aliphatic carbocycles. The molecule has 228 valence electrons. The average molecular weight is 591 g/mol. The van der Waals surface area contributed by atoms with Gasteiger partial charge in [-0.05, 0) is 50.3 Å². The van der Waals surface area contributed by atoms with Gasteiger partial charge in [-0.15, -0.1) is 0 Å². The maximum atomic E-state index is 12.7. The fourth-order valence-electron chi connectivity index (χ4n) is 3.56. The van der Waals surface area contributed by atoms with Gasteiger partial charge in [0.25, 0.3) is 0 Å². The number of carbonyl (C=O) groups excluding carboxylic acids is 4. The lowest BCUT2D eigenvalue weighted by Gasteiger charge is -2.25. The second-order valence-corrected chi connectivity index (χ2v) is 9.37. The summed E-state index contributed by atoms with van der Waals surface area (Å²) in [5, 5.41) is 23.7. The molecule has 0 unspecified atom stereocenters. The van der Waals surface area contributed by atoms with Gasteiger partial charge in [-0.3, -0.25) is 24.0 Å². The minimum Gasteiger partial charge on any atom is -0.480 e. The molecule has 1 fully saturated rings. The highest BCUT2D eigenvalue weighted by Crippen LogP contribution is 2.18. The Balaban J connectivity index is 0.00000106. The number of carboxylic acid groups (broad SMARTS) is 2. The van der Waals surface area contributed by atoms with Crippen LogP contribution in [0.25, 0.3) is 6.08 Å². The normalized spacial score (nSPS) is 16.4. The molecule has 1 aromatic rings. The highest BCUT2D eigenvalue weighted by molar-refractivity contribution is 5.96. The van der Waals surface area contributed by atoms with Crippen LogP contribution in [0.3, 0.4) is 0 Å². The van der Waals surface area contributed by atoms with Gasteiger partial charge in [-0.25, -0.2) is 4.79 Å². The Morgan fingerprint density at radius 3 is 2.27 bits per heavy atom. The van der Waals surface area contributed by atoms with E-state index in [1.165, 1.54) is 30.2 Å². The van der Waals surface area contributed by atoms with Crippen molar-refractivity contribution in [2.24, 2.45) is 5.92 Å². The summed E-state index contributed by atoms with van der Waals surface area (Å²) >= 11 is 0. The molecule has 1 saturated heterocycles. The summed E-state index contributed by atoms with van der Waals surface area (Å²) in [7, 11) is 0. The van der Waals surface area contributed by atoms with Gasteiger partial charge in [-0.1, -0.05) is 13.8 Å². The molecule has 0 aromatic carbocycles. The Hall–Kier alpha value is -4.37. The van der Waals surface area contributed by atoms with Crippen molar-refractivity contribution in [3.8, 4) is 0 Å². The summed E-state index contributed by atoms with van der Waals surface area (Å²) in [6.07, 6.45) is 0.495. The number of rotatable bonds is 11. The van der Waals surface area contributed by atoms with Crippen LogP contribution >= 0.6 is 0 Å². The largest absolute Gasteiger partial charge is 0.490 e. The molecule has 0 saturated carbocycles. The highest BCUT2D eigenvalue weighted by Gasteiger charge is 2.38. The quantitative estimate of drug-likeness (QED) is 0.235. The fourth-order valence-corrected chi connectivity index (χ4v) is 3.56. The molecule has 0 bridgehead atoms. The molecule has 1 aromatic heterocycles. The summed E-state index contributed by atoms with van der Waals surface area (Å²) < 4.78 is 36.9. The van der Waals surface area contributed by atoms with Crippen LogP contribution in [-0.4, -0.2) is 88.1 Å². The van der Waals surface area contributed by atoms with Gasteiger partial charge < -0.3 is 35.5 Å². The number of nitrogens with zero attached hydrogens (tertiary/aromatic N) is 1. The molecule has 1 aliphatic heterocycles. The number of carbonyl (C=O) groups is 6. The third-order valence-electron chi connectivity index (χ3n) is 5.54. The van der Waals surface area contributed by atoms with Crippen LogP contribution in [0.4, 0.5) is 13.2 Å². The number of likely N-dealkylation sites (tertiary alicyclic amines) is 1. The van der Waals surface area contributed by atoms with Crippen molar-refractivity contribution in [3.63, 3.8) is 0 Å². The summed E-state index contributed by atoms with van der Waals surface area (Å²) in [4.78, 5) is 71.3. The first-order valence-electron chi connectivity index (χ1n) is 12.5. The predicted octanol–water partition coefficient (Wildman–Crippen LogP) is 1.15. The number of hydrogen-bond acceptors (Lipinski definition) is 7. The molecule has 2 heterocycles. The highest BCUT2D eigenvalue weighted by atomic mass is 19.4. The molecule has 2 rings (SSSR count). The molecular formula is C25H33F3N4O9. The number of furan rings is 1. The van der Waals surface area contributed by atoms with Crippen LogP contribution in [0.1, 0.15) is 45.8 Å². The summed E-state index contributed by atoms with van der Waals surface area (Å²) in [5.74, 6) is -5.33. The maximum absolute atomic E-state index is 12.7. The zero-order chi connectivity index (χ0) is 31.3. The van der Waals surface area contributed by atoms with E-state index < -0.39 is 59.9 Å². The first kappa shape index (κ1) is 34.7. The molecule has 4 amide bonds. The lowest BCUT2D eigenvalue weighted by molar-refractivity contribution is -0.192. The lowest BCUT2D eigenvalue weighted by atomic mass is 10.0. The van der Waals surface area contributed by atoms with Crippen LogP contribution in [0.2, 0.25) is 0 Å². The maximum Gasteiger partial charge on any atom is 0.490 e. The Morgan fingerprint density at radius 1 is 1.12 bits per heavy atom. The van der Waals surface area contributed by atoms with Gasteiger partial charge in [-0.2, -0.15) is 13.2 Å². The third kappa shape index (κ3) is 12.6. The second kappa shape index (κ2) is 16.0. The van der Waals surface area contributed by atoms with Crippen LogP contribution < -0.4 is 16.0 Å². The number of carboxylic acids is 2. The van der Waals surface area contributed by atoms with Gasteiger partial charge in [0.2, 0.25) is 23.6 Å². The van der Waals surface area contributed by atoms with E-state index in [4.69, 9.17) is 19.4 Å². The van der Waals surface area contributed by atoms with Crippen molar-refractivity contribution in [1.82, 2.24) is 20.9 Å². The number of amides is 4. The van der Waals surface area contributed by atoms with Crippen molar-refractivity contribution in [1.29, 1.82) is 0 Å². The van der Waals surface area contributed by atoms with E-state index in [0.717, 1.165) is 0 Å². The summed E-state index contributed by atoms with van der Waals surface area (Å²) in [5.41, 5.74) is 0. The molecule has 1 aliphatic rings. The molecule has 0 radical (unpaired) electrons. The first-order valence-corrected chi connectivity index (χ1v) is 12.5. The second-order valence-electron chi connectivity index (χ2n) is 9.37. The average Bonchev–Trinajstić information content (AvgIpc) is 3.57.